The molecule has 0 aliphatic carbocycles. The molecule has 0 aliphatic heterocycles. The normalized spacial score (nSPS) is 10.3. The van der Waals surface area contributed by atoms with Crippen molar-refractivity contribution in [2.75, 3.05) is 6.61 Å². The van der Waals surface area contributed by atoms with Gasteiger partial charge in [0.15, 0.2) is 0 Å². The first kappa shape index (κ1) is 10.4. The van der Waals surface area contributed by atoms with Gasteiger partial charge in [0.25, 0.3) is 5.78 Å². The van der Waals surface area contributed by atoms with Gasteiger partial charge in [-0.3, -0.25) is 4.79 Å². The summed E-state index contributed by atoms with van der Waals surface area (Å²) in [6, 6.07) is 5.03. The van der Waals surface area contributed by atoms with E-state index in [1.807, 2.05) is 0 Å². The topological polar surface area (TPSA) is 72.1 Å². The van der Waals surface area contributed by atoms with E-state index < -0.39 is 11.8 Å². The lowest BCUT2D eigenvalue weighted by molar-refractivity contribution is -0.137. The first-order valence-corrected chi connectivity index (χ1v) is 4.87. The Morgan fingerprint density at radius 2 is 2.25 bits per heavy atom. The number of imidazole rings is 1. The molecule has 5 nitrogen and oxygen atoms in total. The number of aromatic amines is 1. The number of Topliss-reactive ketones (excluding diaryl/α,β-unsaturated/α-hetero) is 1. The number of hydrogen-bond donors (Lipinski definition) is 1. The molecular formula is C11H10N2O3. The molecule has 1 aromatic carbocycles. The number of fused-ring (bicyclic) bond motifs is 1. The molecule has 0 spiro atoms. The van der Waals surface area contributed by atoms with Gasteiger partial charge in [0.05, 0.1) is 29.5 Å². The van der Waals surface area contributed by atoms with Crippen LogP contribution in [-0.4, -0.2) is 28.3 Å². The summed E-state index contributed by atoms with van der Waals surface area (Å²) >= 11 is 0. The number of para-hydroxylation sites is 1. The highest BCUT2D eigenvalue weighted by molar-refractivity contribution is 6.42. The summed E-state index contributed by atoms with van der Waals surface area (Å²) in [4.78, 5) is 29.9. The maximum Gasteiger partial charge on any atom is 0.379 e. The molecule has 82 valence electrons. The van der Waals surface area contributed by atoms with Gasteiger partial charge in [0.1, 0.15) is 0 Å². The number of carbonyl (C=O) groups is 2. The lowest BCUT2D eigenvalue weighted by Gasteiger charge is -2.01. The average Bonchev–Trinajstić information content (AvgIpc) is 2.76. The second-order valence-corrected chi connectivity index (χ2v) is 3.15. The zero-order valence-corrected chi connectivity index (χ0v) is 8.69. The summed E-state index contributed by atoms with van der Waals surface area (Å²) in [6.07, 6.45) is 1.48. The summed E-state index contributed by atoms with van der Waals surface area (Å²) < 4.78 is 4.66. The fraction of sp³-hybridized carbons (Fsp3) is 0.182. The predicted octanol–water partition coefficient (Wildman–Crippen LogP) is 1.31. The van der Waals surface area contributed by atoms with Crippen molar-refractivity contribution in [2.24, 2.45) is 0 Å². The minimum Gasteiger partial charge on any atom is -0.460 e. The first-order valence-electron chi connectivity index (χ1n) is 4.87. The van der Waals surface area contributed by atoms with Crippen LogP contribution in [0.25, 0.3) is 11.0 Å². The summed E-state index contributed by atoms with van der Waals surface area (Å²) in [5.41, 5.74) is 1.47. The van der Waals surface area contributed by atoms with Crippen LogP contribution < -0.4 is 0 Å². The Hall–Kier alpha value is -2.17. The molecule has 0 bridgehead atoms. The number of carbonyl (C=O) groups excluding carboxylic acids is 2. The Labute approximate surface area is 91.4 Å². The molecule has 0 radical (unpaired) electrons. The lowest BCUT2D eigenvalue weighted by atomic mass is 10.1. The Balaban J connectivity index is 2.43. The predicted molar refractivity (Wildman–Crippen MR) is 57.1 cm³/mol. The van der Waals surface area contributed by atoms with Gasteiger partial charge in [0, 0.05) is 0 Å². The van der Waals surface area contributed by atoms with Gasteiger partial charge in [-0.15, -0.1) is 0 Å². The maximum absolute atomic E-state index is 11.7. The van der Waals surface area contributed by atoms with Gasteiger partial charge < -0.3 is 9.72 Å². The van der Waals surface area contributed by atoms with E-state index in [1.54, 1.807) is 25.1 Å². The number of hydrogen-bond acceptors (Lipinski definition) is 4. The van der Waals surface area contributed by atoms with Gasteiger partial charge in [-0.1, -0.05) is 6.07 Å². The van der Waals surface area contributed by atoms with Crippen molar-refractivity contribution in [1.82, 2.24) is 9.97 Å². The standard InChI is InChI=1S/C11H10N2O3/c1-2-16-11(15)10(14)7-4-3-5-8-9(7)13-6-12-8/h3-6H,2H2,1H3,(H,12,13). The minimum absolute atomic E-state index is 0.182. The fourth-order valence-electron chi connectivity index (χ4n) is 1.46. The van der Waals surface area contributed by atoms with E-state index in [4.69, 9.17) is 0 Å². The molecule has 1 heterocycles. The number of ketones is 1. The number of nitrogens with zero attached hydrogens (tertiary/aromatic N) is 1. The van der Waals surface area contributed by atoms with Crippen LogP contribution in [0.15, 0.2) is 24.5 Å². The Morgan fingerprint density at radius 3 is 3.00 bits per heavy atom. The fourth-order valence-corrected chi connectivity index (χ4v) is 1.46. The quantitative estimate of drug-likeness (QED) is 0.479. The number of H-pyrrole nitrogens is 1. The molecule has 2 rings (SSSR count). The molecule has 0 saturated carbocycles. The largest absolute Gasteiger partial charge is 0.460 e. The molecule has 1 N–H and O–H groups in total. The molecule has 2 aromatic rings. The lowest BCUT2D eigenvalue weighted by Crippen LogP contribution is -2.17. The third-order valence-corrected chi connectivity index (χ3v) is 2.16. The van der Waals surface area contributed by atoms with Crippen LogP contribution in [0.1, 0.15) is 17.3 Å². The summed E-state index contributed by atoms with van der Waals surface area (Å²) in [7, 11) is 0. The van der Waals surface area contributed by atoms with Crippen molar-refractivity contribution in [3.63, 3.8) is 0 Å². The van der Waals surface area contributed by atoms with Crippen molar-refractivity contribution >= 4 is 22.8 Å². The second-order valence-electron chi connectivity index (χ2n) is 3.15. The highest BCUT2D eigenvalue weighted by Gasteiger charge is 2.20. The molecule has 0 amide bonds. The molecule has 1 aromatic heterocycles. The van der Waals surface area contributed by atoms with E-state index in [1.165, 1.54) is 6.33 Å². The molecular weight excluding hydrogens is 208 g/mol. The van der Waals surface area contributed by atoms with Gasteiger partial charge >= 0.3 is 5.97 Å². The third kappa shape index (κ3) is 1.67. The Morgan fingerprint density at radius 1 is 1.44 bits per heavy atom. The number of benzene rings is 1. The van der Waals surface area contributed by atoms with Crippen LogP contribution in [0.2, 0.25) is 0 Å². The van der Waals surface area contributed by atoms with Gasteiger partial charge in [0.2, 0.25) is 0 Å². The van der Waals surface area contributed by atoms with Crippen molar-refractivity contribution in [3.05, 3.63) is 30.1 Å². The van der Waals surface area contributed by atoms with Gasteiger partial charge in [-0.25, -0.2) is 9.78 Å². The van der Waals surface area contributed by atoms with Crippen LogP contribution in [-0.2, 0) is 9.53 Å². The van der Waals surface area contributed by atoms with Crippen molar-refractivity contribution in [3.8, 4) is 0 Å². The number of esters is 1. The number of ether oxygens (including phenoxy) is 1. The minimum atomic E-state index is -0.849. The molecule has 0 atom stereocenters. The number of rotatable bonds is 3. The van der Waals surface area contributed by atoms with E-state index in [0.29, 0.717) is 5.52 Å². The average molecular weight is 218 g/mol. The maximum atomic E-state index is 11.7. The smallest absolute Gasteiger partial charge is 0.379 e. The van der Waals surface area contributed by atoms with E-state index in [9.17, 15) is 9.59 Å². The van der Waals surface area contributed by atoms with E-state index in [2.05, 4.69) is 14.7 Å². The molecule has 0 saturated heterocycles. The Bertz CT molecular complexity index is 545. The van der Waals surface area contributed by atoms with E-state index in [0.717, 1.165) is 5.52 Å². The van der Waals surface area contributed by atoms with Crippen LogP contribution in [0.5, 0.6) is 0 Å². The Kier molecular flexibility index (Phi) is 2.68. The van der Waals surface area contributed by atoms with Crippen LogP contribution in [0.3, 0.4) is 0 Å². The molecule has 5 heteroatoms. The van der Waals surface area contributed by atoms with E-state index in [-0.39, 0.29) is 12.2 Å². The van der Waals surface area contributed by atoms with Crippen LogP contribution in [0.4, 0.5) is 0 Å². The highest BCUT2D eigenvalue weighted by Crippen LogP contribution is 2.15. The monoisotopic (exact) mass is 218 g/mol. The third-order valence-electron chi connectivity index (χ3n) is 2.16. The van der Waals surface area contributed by atoms with Gasteiger partial charge in [-0.2, -0.15) is 0 Å². The molecule has 0 unspecified atom stereocenters. The van der Waals surface area contributed by atoms with E-state index >= 15 is 0 Å². The number of aromatic nitrogens is 2. The first-order chi connectivity index (χ1) is 7.74. The zero-order chi connectivity index (χ0) is 11.5. The molecule has 0 aliphatic rings. The van der Waals surface area contributed by atoms with Crippen molar-refractivity contribution in [1.29, 1.82) is 0 Å². The zero-order valence-electron chi connectivity index (χ0n) is 8.69. The molecule has 16 heavy (non-hydrogen) atoms. The SMILES string of the molecule is CCOC(=O)C(=O)c1cccc2[nH]cnc12. The summed E-state index contributed by atoms with van der Waals surface area (Å²) in [6.45, 7) is 1.83. The van der Waals surface area contributed by atoms with Crippen molar-refractivity contribution < 1.29 is 14.3 Å². The van der Waals surface area contributed by atoms with Gasteiger partial charge in [-0.05, 0) is 19.1 Å². The number of nitrogens with one attached hydrogen (secondary N) is 1. The second kappa shape index (κ2) is 4.14. The van der Waals surface area contributed by atoms with Crippen molar-refractivity contribution in [2.45, 2.75) is 6.92 Å². The highest BCUT2D eigenvalue weighted by atomic mass is 16.5. The summed E-state index contributed by atoms with van der Waals surface area (Å²) in [5, 5.41) is 0. The van der Waals surface area contributed by atoms with Crippen LogP contribution in [0, 0.1) is 0 Å². The summed E-state index contributed by atoms with van der Waals surface area (Å²) in [5.74, 6) is -1.52. The molecule has 0 fully saturated rings. The van der Waals surface area contributed by atoms with Crippen LogP contribution >= 0.6 is 0 Å².